The number of ether oxygens (including phenoxy) is 4. The maximum atomic E-state index is 13.1. The van der Waals surface area contributed by atoms with E-state index in [1.54, 1.807) is 63.8 Å². The van der Waals surface area contributed by atoms with Crippen LogP contribution in [0.2, 0.25) is 0 Å². The lowest BCUT2D eigenvalue weighted by Gasteiger charge is -2.11. The van der Waals surface area contributed by atoms with Gasteiger partial charge in [0, 0.05) is 11.6 Å². The summed E-state index contributed by atoms with van der Waals surface area (Å²) in [6.45, 7) is 0.277. The minimum absolute atomic E-state index is 0.277. The molecule has 0 radical (unpaired) electrons. The Hall–Kier alpha value is -4.07. The molecule has 1 aromatic heterocycles. The van der Waals surface area contributed by atoms with E-state index in [9.17, 15) is 4.39 Å². The van der Waals surface area contributed by atoms with Crippen molar-refractivity contribution in [1.29, 1.82) is 0 Å². The first-order valence-corrected chi connectivity index (χ1v) is 9.73. The van der Waals surface area contributed by atoms with Crippen LogP contribution in [0.4, 0.5) is 4.39 Å². The van der Waals surface area contributed by atoms with Gasteiger partial charge in [-0.1, -0.05) is 17.3 Å². The molecule has 0 bridgehead atoms. The maximum absolute atomic E-state index is 13.1. The quantitative estimate of drug-likeness (QED) is 0.378. The standard InChI is InChI=1S/C24H21FN2O5/c1-28-18-9-10-19(21(13-18)29-2)24-26-23(27-32-24)16-6-11-20(22(12-16)30-3)31-14-15-4-7-17(25)8-5-15/h4-13H,14H2,1-3H3. The van der Waals surface area contributed by atoms with Gasteiger partial charge < -0.3 is 23.5 Å². The summed E-state index contributed by atoms with van der Waals surface area (Å²) in [6.07, 6.45) is 0. The van der Waals surface area contributed by atoms with Gasteiger partial charge in [0.05, 0.1) is 26.9 Å². The second-order valence-corrected chi connectivity index (χ2v) is 6.77. The Morgan fingerprint density at radius 1 is 0.812 bits per heavy atom. The lowest BCUT2D eigenvalue weighted by Crippen LogP contribution is -1.98. The first kappa shape index (κ1) is 21.2. The van der Waals surface area contributed by atoms with E-state index in [0.717, 1.165) is 5.56 Å². The van der Waals surface area contributed by atoms with Crippen LogP contribution in [0.15, 0.2) is 65.2 Å². The normalized spacial score (nSPS) is 10.6. The van der Waals surface area contributed by atoms with E-state index < -0.39 is 0 Å². The molecule has 0 fully saturated rings. The van der Waals surface area contributed by atoms with Crippen LogP contribution >= 0.6 is 0 Å². The van der Waals surface area contributed by atoms with Crippen molar-refractivity contribution in [2.75, 3.05) is 21.3 Å². The molecule has 0 aliphatic rings. The van der Waals surface area contributed by atoms with Crippen molar-refractivity contribution in [3.63, 3.8) is 0 Å². The fourth-order valence-corrected chi connectivity index (χ4v) is 3.09. The monoisotopic (exact) mass is 436 g/mol. The van der Waals surface area contributed by atoms with Crippen molar-refractivity contribution in [3.8, 4) is 45.8 Å². The van der Waals surface area contributed by atoms with Crippen LogP contribution in [-0.4, -0.2) is 31.5 Å². The first-order valence-electron chi connectivity index (χ1n) is 9.73. The molecule has 0 saturated heterocycles. The molecule has 4 aromatic rings. The zero-order valence-electron chi connectivity index (χ0n) is 17.8. The van der Waals surface area contributed by atoms with Crippen molar-refractivity contribution >= 4 is 0 Å². The van der Waals surface area contributed by atoms with Crippen LogP contribution in [-0.2, 0) is 6.61 Å². The third-order valence-electron chi connectivity index (χ3n) is 4.79. The van der Waals surface area contributed by atoms with Crippen LogP contribution in [0.3, 0.4) is 0 Å². The molecular weight excluding hydrogens is 415 g/mol. The molecule has 0 aliphatic carbocycles. The molecule has 0 spiro atoms. The topological polar surface area (TPSA) is 75.8 Å². The van der Waals surface area contributed by atoms with E-state index in [1.165, 1.54) is 12.1 Å². The smallest absolute Gasteiger partial charge is 0.262 e. The van der Waals surface area contributed by atoms with Gasteiger partial charge in [-0.15, -0.1) is 0 Å². The largest absolute Gasteiger partial charge is 0.497 e. The van der Waals surface area contributed by atoms with Crippen LogP contribution in [0.1, 0.15) is 5.56 Å². The second kappa shape index (κ2) is 9.38. The van der Waals surface area contributed by atoms with Crippen molar-refractivity contribution in [3.05, 3.63) is 72.0 Å². The third-order valence-corrected chi connectivity index (χ3v) is 4.79. The fraction of sp³-hybridized carbons (Fsp3) is 0.167. The molecule has 0 saturated carbocycles. The minimum atomic E-state index is -0.289. The Morgan fingerprint density at radius 3 is 2.31 bits per heavy atom. The van der Waals surface area contributed by atoms with Gasteiger partial charge in [-0.3, -0.25) is 0 Å². The molecule has 7 nitrogen and oxygen atoms in total. The summed E-state index contributed by atoms with van der Waals surface area (Å²) in [5, 5.41) is 4.08. The van der Waals surface area contributed by atoms with Gasteiger partial charge in [0.15, 0.2) is 11.5 Å². The van der Waals surface area contributed by atoms with E-state index >= 15 is 0 Å². The SMILES string of the molecule is COc1ccc(-c2nc(-c3ccc(OCc4ccc(F)cc4)c(OC)c3)no2)c(OC)c1. The Balaban J connectivity index is 1.56. The number of hydrogen-bond donors (Lipinski definition) is 0. The highest BCUT2D eigenvalue weighted by atomic mass is 19.1. The summed E-state index contributed by atoms with van der Waals surface area (Å²) in [7, 11) is 4.69. The van der Waals surface area contributed by atoms with Gasteiger partial charge in [-0.25, -0.2) is 4.39 Å². The van der Waals surface area contributed by atoms with Crippen molar-refractivity contribution in [1.82, 2.24) is 10.1 Å². The van der Waals surface area contributed by atoms with Crippen LogP contribution < -0.4 is 18.9 Å². The molecule has 1 heterocycles. The van der Waals surface area contributed by atoms with Gasteiger partial charge in [0.2, 0.25) is 5.82 Å². The van der Waals surface area contributed by atoms with Gasteiger partial charge in [-0.2, -0.15) is 4.98 Å². The second-order valence-electron chi connectivity index (χ2n) is 6.77. The molecule has 0 atom stereocenters. The lowest BCUT2D eigenvalue weighted by molar-refractivity contribution is 0.284. The summed E-state index contributed by atoms with van der Waals surface area (Å²) in [6, 6.07) is 16.8. The highest BCUT2D eigenvalue weighted by molar-refractivity contribution is 5.67. The van der Waals surface area contributed by atoms with Crippen molar-refractivity contribution in [2.24, 2.45) is 0 Å². The predicted octanol–water partition coefficient (Wildman–Crippen LogP) is 5.15. The summed E-state index contributed by atoms with van der Waals surface area (Å²) in [4.78, 5) is 4.49. The van der Waals surface area contributed by atoms with Crippen LogP contribution in [0, 0.1) is 5.82 Å². The van der Waals surface area contributed by atoms with E-state index in [1.807, 2.05) is 6.07 Å². The van der Waals surface area contributed by atoms with E-state index in [0.29, 0.717) is 45.8 Å². The highest BCUT2D eigenvalue weighted by Crippen LogP contribution is 2.35. The molecule has 32 heavy (non-hydrogen) atoms. The number of hydrogen-bond acceptors (Lipinski definition) is 7. The average Bonchev–Trinajstić information content (AvgIpc) is 3.33. The summed E-state index contributed by atoms with van der Waals surface area (Å²) in [5.41, 5.74) is 2.19. The molecule has 0 N–H and O–H groups in total. The average molecular weight is 436 g/mol. The number of nitrogens with zero attached hydrogens (tertiary/aromatic N) is 2. The number of rotatable bonds is 8. The molecular formula is C24H21FN2O5. The Morgan fingerprint density at radius 2 is 1.59 bits per heavy atom. The Labute approximate surface area is 184 Å². The summed E-state index contributed by atoms with van der Waals surface area (Å²) >= 11 is 0. The van der Waals surface area contributed by atoms with Crippen LogP contribution in [0.5, 0.6) is 23.0 Å². The Bertz CT molecular complexity index is 1210. The van der Waals surface area contributed by atoms with Crippen molar-refractivity contribution < 1.29 is 27.9 Å². The molecule has 4 rings (SSSR count). The molecule has 164 valence electrons. The van der Waals surface area contributed by atoms with E-state index in [4.69, 9.17) is 23.5 Å². The van der Waals surface area contributed by atoms with Gasteiger partial charge in [0.1, 0.15) is 23.9 Å². The summed E-state index contributed by atoms with van der Waals surface area (Å²) < 4.78 is 40.5. The first-order chi connectivity index (χ1) is 15.6. The molecule has 0 unspecified atom stereocenters. The van der Waals surface area contributed by atoms with Gasteiger partial charge in [-0.05, 0) is 48.0 Å². The number of benzene rings is 3. The molecule has 8 heteroatoms. The number of methoxy groups -OCH3 is 3. The molecule has 3 aromatic carbocycles. The minimum Gasteiger partial charge on any atom is -0.497 e. The maximum Gasteiger partial charge on any atom is 0.262 e. The van der Waals surface area contributed by atoms with E-state index in [-0.39, 0.29) is 12.4 Å². The van der Waals surface area contributed by atoms with E-state index in [2.05, 4.69) is 10.1 Å². The predicted molar refractivity (Wildman–Crippen MR) is 116 cm³/mol. The van der Waals surface area contributed by atoms with Crippen molar-refractivity contribution in [2.45, 2.75) is 6.61 Å². The molecule has 0 aliphatic heterocycles. The van der Waals surface area contributed by atoms with Crippen LogP contribution in [0.25, 0.3) is 22.8 Å². The highest BCUT2D eigenvalue weighted by Gasteiger charge is 2.17. The summed E-state index contributed by atoms with van der Waals surface area (Å²) in [5.74, 6) is 2.69. The van der Waals surface area contributed by atoms with Gasteiger partial charge >= 0.3 is 0 Å². The third kappa shape index (κ3) is 4.49. The number of halogens is 1. The lowest BCUT2D eigenvalue weighted by atomic mass is 10.1. The van der Waals surface area contributed by atoms with Gasteiger partial charge in [0.25, 0.3) is 5.89 Å². The zero-order valence-corrected chi connectivity index (χ0v) is 17.8. The Kier molecular flexibility index (Phi) is 6.21. The fourth-order valence-electron chi connectivity index (χ4n) is 3.09. The zero-order chi connectivity index (χ0) is 22.5. The molecule has 0 amide bonds. The number of aromatic nitrogens is 2.